The van der Waals surface area contributed by atoms with Crippen molar-refractivity contribution >= 4 is 12.1 Å². The molecule has 1 amide bonds. The summed E-state index contributed by atoms with van der Waals surface area (Å²) < 4.78 is 5.01. The molecule has 5 nitrogen and oxygen atoms in total. The summed E-state index contributed by atoms with van der Waals surface area (Å²) in [5, 5.41) is 12.0. The summed E-state index contributed by atoms with van der Waals surface area (Å²) in [6, 6.07) is 7.53. The van der Waals surface area contributed by atoms with E-state index in [1.165, 1.54) is 0 Å². The highest BCUT2D eigenvalue weighted by Gasteiger charge is 2.45. The third-order valence-electron chi connectivity index (χ3n) is 3.58. The van der Waals surface area contributed by atoms with Crippen molar-refractivity contribution in [3.8, 4) is 0 Å². The highest BCUT2D eigenvalue weighted by Crippen LogP contribution is 2.30. The molecule has 2 N–H and O–H groups in total. The van der Waals surface area contributed by atoms with Gasteiger partial charge in [-0.2, -0.15) is 0 Å². The van der Waals surface area contributed by atoms with Crippen LogP contribution in [0.5, 0.6) is 0 Å². The highest BCUT2D eigenvalue weighted by molar-refractivity contribution is 5.86. The Balaban J connectivity index is 2.06. The number of hydrogen-bond acceptors (Lipinski definition) is 3. The van der Waals surface area contributed by atoms with Crippen molar-refractivity contribution in [3.63, 3.8) is 0 Å². The zero-order valence-corrected chi connectivity index (χ0v) is 11.5. The smallest absolute Gasteiger partial charge is 0.408 e. The summed E-state index contributed by atoms with van der Waals surface area (Å²) in [6.07, 6.45) is 1.62. The monoisotopic (exact) mass is 277 g/mol. The number of carbonyl (C=O) groups excluding carboxylic acids is 1. The van der Waals surface area contributed by atoms with Crippen LogP contribution in [0.3, 0.4) is 0 Å². The predicted molar refractivity (Wildman–Crippen MR) is 73.6 cm³/mol. The minimum Gasteiger partial charge on any atom is -0.479 e. The van der Waals surface area contributed by atoms with Crippen LogP contribution in [0, 0.1) is 0 Å². The summed E-state index contributed by atoms with van der Waals surface area (Å²) in [6.45, 7) is 2.30. The average molecular weight is 277 g/mol. The van der Waals surface area contributed by atoms with Crippen LogP contribution in [-0.2, 0) is 22.4 Å². The molecular weight excluding hydrogens is 258 g/mol. The van der Waals surface area contributed by atoms with E-state index in [-0.39, 0.29) is 0 Å². The van der Waals surface area contributed by atoms with Crippen LogP contribution in [0.4, 0.5) is 4.79 Å². The number of unbranched alkanes of at least 4 members (excludes halogenated alkanes) is 1. The third-order valence-corrected chi connectivity index (χ3v) is 3.58. The molecule has 0 heterocycles. The molecule has 0 spiro atoms. The maximum Gasteiger partial charge on any atom is 0.408 e. The number of amides is 1. The number of hydrogen-bond donors (Lipinski definition) is 2. The Kier molecular flexibility index (Phi) is 4.27. The van der Waals surface area contributed by atoms with Crippen molar-refractivity contribution in [1.82, 2.24) is 5.32 Å². The molecule has 0 radical (unpaired) electrons. The molecule has 0 unspecified atom stereocenters. The largest absolute Gasteiger partial charge is 0.479 e. The van der Waals surface area contributed by atoms with Crippen molar-refractivity contribution < 1.29 is 19.4 Å². The molecule has 0 aromatic heterocycles. The Hall–Kier alpha value is -2.04. The summed E-state index contributed by atoms with van der Waals surface area (Å²) in [4.78, 5) is 23.3. The van der Waals surface area contributed by atoms with E-state index >= 15 is 0 Å². The Bertz CT molecular complexity index is 487. The Labute approximate surface area is 117 Å². The van der Waals surface area contributed by atoms with Crippen molar-refractivity contribution in [2.45, 2.75) is 38.1 Å². The minimum atomic E-state index is -1.28. The summed E-state index contributed by atoms with van der Waals surface area (Å²) in [7, 11) is 0. The van der Waals surface area contributed by atoms with Gasteiger partial charge < -0.3 is 15.2 Å². The van der Waals surface area contributed by atoms with Crippen molar-refractivity contribution in [3.05, 3.63) is 35.4 Å². The first-order valence-corrected chi connectivity index (χ1v) is 6.82. The minimum absolute atomic E-state index is 0.293. The van der Waals surface area contributed by atoms with Crippen LogP contribution < -0.4 is 5.32 Å². The molecule has 1 aliphatic carbocycles. The molecule has 1 aromatic carbocycles. The van der Waals surface area contributed by atoms with E-state index < -0.39 is 17.6 Å². The zero-order chi connectivity index (χ0) is 14.6. The summed E-state index contributed by atoms with van der Waals surface area (Å²) in [5.41, 5.74) is 0.639. The number of nitrogens with one attached hydrogen (secondary N) is 1. The fourth-order valence-corrected chi connectivity index (χ4v) is 2.45. The molecule has 0 fully saturated rings. The molecular formula is C15H19NO4. The number of carboxylic acids is 1. The lowest BCUT2D eigenvalue weighted by molar-refractivity contribution is -0.144. The topological polar surface area (TPSA) is 75.6 Å². The molecule has 1 aliphatic rings. The van der Waals surface area contributed by atoms with Gasteiger partial charge in [0.1, 0.15) is 5.54 Å². The van der Waals surface area contributed by atoms with Crippen LogP contribution in [0.25, 0.3) is 0 Å². The van der Waals surface area contributed by atoms with Gasteiger partial charge in [-0.3, -0.25) is 0 Å². The number of benzene rings is 1. The Morgan fingerprint density at radius 3 is 2.40 bits per heavy atom. The lowest BCUT2D eigenvalue weighted by Crippen LogP contribution is -2.55. The van der Waals surface area contributed by atoms with E-state index in [4.69, 9.17) is 4.74 Å². The number of rotatable bonds is 5. The van der Waals surface area contributed by atoms with E-state index in [0.717, 1.165) is 24.0 Å². The van der Waals surface area contributed by atoms with Gasteiger partial charge in [0, 0.05) is 12.8 Å². The fraction of sp³-hybridized carbons (Fsp3) is 0.467. The van der Waals surface area contributed by atoms with Crippen molar-refractivity contribution in [1.29, 1.82) is 0 Å². The van der Waals surface area contributed by atoms with Gasteiger partial charge in [-0.1, -0.05) is 37.6 Å². The fourth-order valence-electron chi connectivity index (χ4n) is 2.45. The van der Waals surface area contributed by atoms with Crippen LogP contribution >= 0.6 is 0 Å². The molecule has 5 heteroatoms. The van der Waals surface area contributed by atoms with Gasteiger partial charge in [0.15, 0.2) is 0 Å². The number of carboxylic acid groups (broad SMARTS) is 1. The summed E-state index contributed by atoms with van der Waals surface area (Å²) in [5.74, 6) is -1.03. The quantitative estimate of drug-likeness (QED) is 0.808. The van der Waals surface area contributed by atoms with E-state index in [9.17, 15) is 14.7 Å². The number of aliphatic carboxylic acids is 1. The van der Waals surface area contributed by atoms with Gasteiger partial charge in [0.05, 0.1) is 6.61 Å². The van der Waals surface area contributed by atoms with Gasteiger partial charge in [-0.15, -0.1) is 0 Å². The third kappa shape index (κ3) is 2.92. The predicted octanol–water partition coefficient (Wildman–Crippen LogP) is 2.13. The standard InChI is InChI=1S/C15H19NO4/c1-2-3-8-20-14(19)16-15(13(17)18)9-11-6-4-5-7-12(11)10-15/h4-7H,2-3,8-10H2,1H3,(H,16,19)(H,17,18). The van der Waals surface area contributed by atoms with Crippen LogP contribution in [0.2, 0.25) is 0 Å². The second-order valence-electron chi connectivity index (χ2n) is 5.12. The molecule has 20 heavy (non-hydrogen) atoms. The first-order valence-electron chi connectivity index (χ1n) is 6.82. The maximum absolute atomic E-state index is 11.7. The highest BCUT2D eigenvalue weighted by atomic mass is 16.5. The number of carbonyl (C=O) groups is 2. The number of fused-ring (bicyclic) bond motifs is 1. The van der Waals surface area contributed by atoms with Gasteiger partial charge in [0.25, 0.3) is 0 Å². The van der Waals surface area contributed by atoms with E-state index in [1.807, 2.05) is 31.2 Å². The van der Waals surface area contributed by atoms with Crippen molar-refractivity contribution in [2.24, 2.45) is 0 Å². The molecule has 108 valence electrons. The molecule has 0 saturated carbocycles. The molecule has 0 saturated heterocycles. The molecule has 0 bridgehead atoms. The van der Waals surface area contributed by atoms with E-state index in [1.54, 1.807) is 0 Å². The summed E-state index contributed by atoms with van der Waals surface area (Å²) >= 11 is 0. The van der Waals surface area contributed by atoms with Crippen LogP contribution in [0.15, 0.2) is 24.3 Å². The van der Waals surface area contributed by atoms with Crippen LogP contribution in [-0.4, -0.2) is 29.3 Å². The average Bonchev–Trinajstić information content (AvgIpc) is 2.78. The van der Waals surface area contributed by atoms with Gasteiger partial charge in [-0.25, -0.2) is 9.59 Å². The number of alkyl carbamates (subject to hydrolysis) is 1. The molecule has 2 rings (SSSR count). The van der Waals surface area contributed by atoms with Gasteiger partial charge in [-0.05, 0) is 17.5 Å². The zero-order valence-electron chi connectivity index (χ0n) is 11.5. The lowest BCUT2D eigenvalue weighted by Gasteiger charge is -2.24. The van der Waals surface area contributed by atoms with Gasteiger partial charge >= 0.3 is 12.1 Å². The van der Waals surface area contributed by atoms with Gasteiger partial charge in [0.2, 0.25) is 0 Å². The second kappa shape index (κ2) is 5.94. The Morgan fingerprint density at radius 1 is 1.30 bits per heavy atom. The first-order chi connectivity index (χ1) is 9.57. The molecule has 0 aliphatic heterocycles. The molecule has 1 aromatic rings. The Morgan fingerprint density at radius 2 is 1.90 bits per heavy atom. The second-order valence-corrected chi connectivity index (χ2v) is 5.12. The maximum atomic E-state index is 11.7. The number of ether oxygens (including phenoxy) is 1. The molecule has 0 atom stereocenters. The lowest BCUT2D eigenvalue weighted by atomic mass is 9.96. The van der Waals surface area contributed by atoms with E-state index in [2.05, 4.69) is 5.32 Å². The van der Waals surface area contributed by atoms with Crippen LogP contribution in [0.1, 0.15) is 30.9 Å². The van der Waals surface area contributed by atoms with E-state index in [0.29, 0.717) is 19.4 Å². The van der Waals surface area contributed by atoms with Crippen molar-refractivity contribution in [2.75, 3.05) is 6.61 Å². The first kappa shape index (κ1) is 14.4. The SMILES string of the molecule is CCCCOC(=O)NC1(C(=O)O)Cc2ccccc2C1. The normalized spacial score (nSPS) is 15.4.